The summed E-state index contributed by atoms with van der Waals surface area (Å²) in [4.78, 5) is 24.7. The van der Waals surface area contributed by atoms with Crippen molar-refractivity contribution in [2.45, 2.75) is 24.2 Å². The molecule has 0 aliphatic carbocycles. The Hall–Kier alpha value is -2.57. The molecule has 1 aromatic heterocycles. The Morgan fingerprint density at radius 2 is 1.64 bits per heavy atom. The SMILES string of the molecule is CN1CC2(CCNC2)c2ncccc21.O=C(O)C(F)(F)F.O=C(O)C(F)(F)F. The lowest BCUT2D eigenvalue weighted by Gasteiger charge is -2.21. The van der Waals surface area contributed by atoms with Gasteiger partial charge in [0.25, 0.3) is 0 Å². The largest absolute Gasteiger partial charge is 0.490 e. The van der Waals surface area contributed by atoms with E-state index < -0.39 is 24.3 Å². The van der Waals surface area contributed by atoms with Crippen molar-refractivity contribution in [3.05, 3.63) is 24.0 Å². The molecular formula is C15H17F6N3O4. The monoisotopic (exact) mass is 417 g/mol. The van der Waals surface area contributed by atoms with E-state index in [-0.39, 0.29) is 0 Å². The average molecular weight is 417 g/mol. The van der Waals surface area contributed by atoms with Gasteiger partial charge in [0.15, 0.2) is 0 Å². The van der Waals surface area contributed by atoms with Crippen molar-refractivity contribution in [2.24, 2.45) is 0 Å². The zero-order chi connectivity index (χ0) is 21.8. The van der Waals surface area contributed by atoms with Crippen LogP contribution in [-0.2, 0) is 15.0 Å². The third-order valence-corrected chi connectivity index (χ3v) is 3.97. The van der Waals surface area contributed by atoms with Gasteiger partial charge < -0.3 is 20.4 Å². The minimum Gasteiger partial charge on any atom is -0.475 e. The maximum atomic E-state index is 10.6. The standard InChI is InChI=1S/C11H15N3.2C2HF3O2/c1-14-8-11(4-6-12-7-11)10-9(14)3-2-5-13-10;2*3-2(4,5)1(6)7/h2-3,5,12H,4,6-8H2,1H3;2*(H,6,7). The molecule has 1 aromatic rings. The summed E-state index contributed by atoms with van der Waals surface area (Å²) in [6, 6.07) is 4.20. The van der Waals surface area contributed by atoms with Gasteiger partial charge in [0, 0.05) is 31.7 Å². The molecule has 158 valence electrons. The van der Waals surface area contributed by atoms with E-state index in [1.165, 1.54) is 17.8 Å². The van der Waals surface area contributed by atoms with Crippen molar-refractivity contribution in [2.75, 3.05) is 31.6 Å². The van der Waals surface area contributed by atoms with Gasteiger partial charge in [-0.25, -0.2) is 9.59 Å². The first-order chi connectivity index (χ1) is 12.7. The van der Waals surface area contributed by atoms with Gasteiger partial charge >= 0.3 is 24.3 Å². The molecule has 0 amide bonds. The van der Waals surface area contributed by atoms with E-state index in [0.29, 0.717) is 5.41 Å². The smallest absolute Gasteiger partial charge is 0.475 e. The average Bonchev–Trinajstić information content (AvgIpc) is 3.14. The number of pyridine rings is 1. The van der Waals surface area contributed by atoms with Crippen LogP contribution < -0.4 is 10.2 Å². The van der Waals surface area contributed by atoms with Crippen molar-refractivity contribution >= 4 is 17.6 Å². The third kappa shape index (κ3) is 5.97. The number of nitrogens with one attached hydrogen (secondary N) is 1. The number of halogens is 6. The molecule has 0 bridgehead atoms. The number of aliphatic carboxylic acids is 2. The lowest BCUT2D eigenvalue weighted by atomic mass is 9.85. The Morgan fingerprint density at radius 1 is 1.14 bits per heavy atom. The molecule has 28 heavy (non-hydrogen) atoms. The molecule has 2 aliphatic heterocycles. The topological polar surface area (TPSA) is 103 Å². The molecule has 3 heterocycles. The van der Waals surface area contributed by atoms with E-state index in [9.17, 15) is 26.3 Å². The van der Waals surface area contributed by atoms with E-state index in [1.807, 2.05) is 12.3 Å². The van der Waals surface area contributed by atoms with Crippen LogP contribution in [0.2, 0.25) is 0 Å². The van der Waals surface area contributed by atoms with Gasteiger partial charge in [-0.3, -0.25) is 4.98 Å². The molecule has 1 fully saturated rings. The number of carboxylic acid groups (broad SMARTS) is 2. The number of carbonyl (C=O) groups is 2. The quantitative estimate of drug-likeness (QED) is 0.555. The van der Waals surface area contributed by atoms with Crippen LogP contribution in [0.4, 0.5) is 32.0 Å². The van der Waals surface area contributed by atoms with Crippen LogP contribution >= 0.6 is 0 Å². The number of hydrogen-bond donors (Lipinski definition) is 3. The molecule has 1 atom stereocenters. The van der Waals surface area contributed by atoms with Gasteiger partial charge in [-0.2, -0.15) is 26.3 Å². The number of aromatic nitrogens is 1. The van der Waals surface area contributed by atoms with Crippen molar-refractivity contribution in [3.63, 3.8) is 0 Å². The number of alkyl halides is 6. The second-order valence-corrected chi connectivity index (χ2v) is 6.04. The lowest BCUT2D eigenvalue weighted by molar-refractivity contribution is -0.193. The van der Waals surface area contributed by atoms with Crippen molar-refractivity contribution in [1.82, 2.24) is 10.3 Å². The summed E-state index contributed by atoms with van der Waals surface area (Å²) < 4.78 is 63.5. The highest BCUT2D eigenvalue weighted by Crippen LogP contribution is 2.41. The first kappa shape index (κ1) is 23.5. The Bertz CT molecular complexity index is 678. The van der Waals surface area contributed by atoms with Crippen LogP contribution in [0, 0.1) is 0 Å². The molecule has 3 rings (SSSR count). The molecule has 0 saturated carbocycles. The Labute approximate surface area is 155 Å². The van der Waals surface area contributed by atoms with E-state index in [4.69, 9.17) is 19.8 Å². The van der Waals surface area contributed by atoms with Gasteiger partial charge in [-0.05, 0) is 25.1 Å². The fourth-order valence-electron chi connectivity index (χ4n) is 2.81. The van der Waals surface area contributed by atoms with Gasteiger partial charge in [-0.1, -0.05) is 0 Å². The predicted octanol–water partition coefficient (Wildman–Crippen LogP) is 2.03. The first-order valence-corrected chi connectivity index (χ1v) is 7.68. The van der Waals surface area contributed by atoms with Gasteiger partial charge in [0.2, 0.25) is 0 Å². The lowest BCUT2D eigenvalue weighted by Crippen LogP contribution is -2.34. The zero-order valence-electron chi connectivity index (χ0n) is 14.4. The molecule has 0 radical (unpaired) electrons. The fourth-order valence-corrected chi connectivity index (χ4v) is 2.81. The first-order valence-electron chi connectivity index (χ1n) is 7.68. The van der Waals surface area contributed by atoms with Gasteiger partial charge in [-0.15, -0.1) is 0 Å². The Morgan fingerprint density at radius 3 is 2.04 bits per heavy atom. The highest BCUT2D eigenvalue weighted by Gasteiger charge is 2.44. The van der Waals surface area contributed by atoms with Crippen molar-refractivity contribution in [1.29, 1.82) is 0 Å². The maximum absolute atomic E-state index is 10.6. The molecule has 3 N–H and O–H groups in total. The van der Waals surface area contributed by atoms with Crippen LogP contribution in [0.25, 0.3) is 0 Å². The molecular weight excluding hydrogens is 400 g/mol. The van der Waals surface area contributed by atoms with E-state index in [0.717, 1.165) is 19.6 Å². The van der Waals surface area contributed by atoms with E-state index >= 15 is 0 Å². The highest BCUT2D eigenvalue weighted by atomic mass is 19.4. The van der Waals surface area contributed by atoms with Crippen LogP contribution in [0.1, 0.15) is 12.1 Å². The number of hydrogen-bond acceptors (Lipinski definition) is 5. The van der Waals surface area contributed by atoms with Crippen LogP contribution in [-0.4, -0.2) is 66.2 Å². The fraction of sp³-hybridized carbons (Fsp3) is 0.533. The molecule has 7 nitrogen and oxygen atoms in total. The number of rotatable bonds is 0. The number of fused-ring (bicyclic) bond motifs is 2. The minimum absolute atomic E-state index is 0.297. The molecule has 1 unspecified atom stereocenters. The minimum atomic E-state index is -5.08. The molecule has 13 heteroatoms. The summed E-state index contributed by atoms with van der Waals surface area (Å²) in [7, 11) is 2.16. The zero-order valence-corrected chi connectivity index (χ0v) is 14.4. The van der Waals surface area contributed by atoms with Crippen LogP contribution in [0.5, 0.6) is 0 Å². The predicted molar refractivity (Wildman–Crippen MR) is 84.1 cm³/mol. The summed E-state index contributed by atoms with van der Waals surface area (Å²) >= 11 is 0. The second kappa shape index (κ2) is 8.63. The number of likely N-dealkylation sites (N-methyl/N-ethyl adjacent to an activating group) is 1. The van der Waals surface area contributed by atoms with Crippen molar-refractivity contribution in [3.8, 4) is 0 Å². The number of anilines is 1. The summed E-state index contributed by atoms with van der Waals surface area (Å²) in [5, 5.41) is 17.7. The highest BCUT2D eigenvalue weighted by molar-refractivity contribution is 5.73. The van der Waals surface area contributed by atoms with Crippen LogP contribution in [0.15, 0.2) is 18.3 Å². The van der Waals surface area contributed by atoms with E-state index in [2.05, 4.69) is 28.3 Å². The van der Waals surface area contributed by atoms with Crippen molar-refractivity contribution < 1.29 is 46.1 Å². The normalized spacial score (nSPS) is 20.6. The Kier molecular flexibility index (Phi) is 7.23. The Balaban J connectivity index is 0.000000240. The summed E-state index contributed by atoms with van der Waals surface area (Å²) in [6.45, 7) is 3.33. The maximum Gasteiger partial charge on any atom is 0.490 e. The van der Waals surface area contributed by atoms with Gasteiger partial charge in [0.1, 0.15) is 0 Å². The number of nitrogens with zero attached hydrogens (tertiary/aromatic N) is 2. The summed E-state index contributed by atoms with van der Waals surface area (Å²) in [6.07, 6.45) is -7.03. The van der Waals surface area contributed by atoms with E-state index in [1.54, 1.807) is 0 Å². The molecule has 0 aromatic carbocycles. The summed E-state index contributed by atoms with van der Waals surface area (Å²) in [5.74, 6) is -5.51. The molecule has 1 spiro atoms. The molecule has 2 aliphatic rings. The molecule has 1 saturated heterocycles. The second-order valence-electron chi connectivity index (χ2n) is 6.04. The summed E-state index contributed by atoms with van der Waals surface area (Å²) in [5.41, 5.74) is 2.91. The third-order valence-electron chi connectivity index (χ3n) is 3.97. The van der Waals surface area contributed by atoms with Gasteiger partial charge in [0.05, 0.1) is 11.4 Å². The number of carboxylic acids is 2. The van der Waals surface area contributed by atoms with Crippen LogP contribution in [0.3, 0.4) is 0 Å².